The number of benzene rings is 2. The second-order valence-electron chi connectivity index (χ2n) is 9.90. The molecule has 0 aliphatic carbocycles. The highest BCUT2D eigenvalue weighted by molar-refractivity contribution is 8.01. The summed E-state index contributed by atoms with van der Waals surface area (Å²) in [5.41, 5.74) is 1.45. The molecule has 7 heteroatoms. The maximum Gasteiger partial charge on any atom is 0.236 e. The number of nitrogens with one attached hydrogen (secondary N) is 1. The van der Waals surface area contributed by atoms with Gasteiger partial charge in [0.25, 0.3) is 0 Å². The second kappa shape index (κ2) is 8.52. The highest BCUT2D eigenvalue weighted by Gasteiger charge is 2.34. The Hall–Kier alpha value is -2.38. The van der Waals surface area contributed by atoms with Crippen molar-refractivity contribution in [3.63, 3.8) is 0 Å². The zero-order valence-corrected chi connectivity index (χ0v) is 19.8. The molecule has 6 nitrogen and oxygen atoms in total. The van der Waals surface area contributed by atoms with E-state index in [1.54, 1.807) is 0 Å². The van der Waals surface area contributed by atoms with Gasteiger partial charge in [0.15, 0.2) is 5.56 Å². The first kappa shape index (κ1) is 22.8. The molecule has 4 rings (SSSR count). The lowest BCUT2D eigenvalue weighted by atomic mass is 9.84. The lowest BCUT2D eigenvalue weighted by Gasteiger charge is -2.36. The number of phenolic OH excluding ortho intramolecular Hbond substituents is 1. The molecule has 0 aromatic heterocycles. The van der Waals surface area contributed by atoms with E-state index >= 15 is 0 Å². The number of ether oxygens (including phenoxy) is 2. The smallest absolute Gasteiger partial charge is 0.236 e. The molecule has 1 fully saturated rings. The largest absolute Gasteiger partial charge is 0.508 e. The predicted octanol–water partition coefficient (Wildman–Crippen LogP) is 3.90. The molecule has 32 heavy (non-hydrogen) atoms. The first-order valence-electron chi connectivity index (χ1n) is 10.9. The molecule has 0 saturated carbocycles. The van der Waals surface area contributed by atoms with Crippen LogP contribution in [0.3, 0.4) is 0 Å². The molecule has 2 aliphatic rings. The quantitative estimate of drug-likeness (QED) is 0.631. The van der Waals surface area contributed by atoms with Crippen LogP contribution in [0.5, 0.6) is 17.2 Å². The third kappa shape index (κ3) is 4.99. The third-order valence-corrected chi connectivity index (χ3v) is 7.09. The van der Waals surface area contributed by atoms with E-state index in [4.69, 9.17) is 9.47 Å². The number of thioether (sulfide) groups is 1. The minimum Gasteiger partial charge on any atom is -0.508 e. The molecule has 1 amide bonds. The van der Waals surface area contributed by atoms with Gasteiger partial charge in [-0.05, 0) is 67.0 Å². The van der Waals surface area contributed by atoms with Crippen molar-refractivity contribution in [3.05, 3.63) is 53.1 Å². The van der Waals surface area contributed by atoms with Crippen molar-refractivity contribution in [2.45, 2.75) is 68.8 Å². The summed E-state index contributed by atoms with van der Waals surface area (Å²) >= 11 is 1.23. The fraction of sp³-hybridized carbons (Fsp3) is 0.480. The number of hydrogen-bond acceptors (Lipinski definition) is 6. The van der Waals surface area contributed by atoms with Gasteiger partial charge in [-0.25, -0.2) is 0 Å². The number of fused-ring (bicyclic) bond motifs is 1. The first-order chi connectivity index (χ1) is 15.0. The zero-order valence-electron chi connectivity index (χ0n) is 19.0. The fourth-order valence-corrected chi connectivity index (χ4v) is 5.07. The SMILES string of the molecule is CC1(COc2ccc(CC3SC(O)NC3=O)cc2)CCc2cc(O)c(C(C)(C)C)cc2O1. The average molecular weight is 458 g/mol. The van der Waals surface area contributed by atoms with Crippen LogP contribution in [0.15, 0.2) is 36.4 Å². The van der Waals surface area contributed by atoms with Gasteiger partial charge >= 0.3 is 0 Å². The van der Waals surface area contributed by atoms with E-state index in [1.165, 1.54) is 11.8 Å². The molecular formula is C25H31NO5S. The Bertz CT molecular complexity index is 1000. The molecular weight excluding hydrogens is 426 g/mol. The van der Waals surface area contributed by atoms with Crippen LogP contribution in [-0.4, -0.2) is 39.1 Å². The van der Waals surface area contributed by atoms with E-state index in [0.29, 0.717) is 18.8 Å². The lowest BCUT2D eigenvalue weighted by molar-refractivity contribution is -0.121. The molecule has 2 heterocycles. The predicted molar refractivity (Wildman–Crippen MR) is 125 cm³/mol. The summed E-state index contributed by atoms with van der Waals surface area (Å²) in [6, 6.07) is 11.5. The van der Waals surface area contributed by atoms with E-state index in [1.807, 2.05) is 36.4 Å². The van der Waals surface area contributed by atoms with E-state index in [2.05, 4.69) is 33.0 Å². The van der Waals surface area contributed by atoms with Crippen LogP contribution < -0.4 is 14.8 Å². The third-order valence-electron chi connectivity index (χ3n) is 6.01. The highest BCUT2D eigenvalue weighted by atomic mass is 32.2. The number of carbonyl (C=O) groups is 1. The van der Waals surface area contributed by atoms with Crippen LogP contribution in [0.25, 0.3) is 0 Å². The molecule has 3 N–H and O–H groups in total. The molecule has 0 bridgehead atoms. The minimum absolute atomic E-state index is 0.131. The summed E-state index contributed by atoms with van der Waals surface area (Å²) < 4.78 is 12.4. The highest BCUT2D eigenvalue weighted by Crippen LogP contribution is 2.41. The molecule has 2 aromatic rings. The van der Waals surface area contributed by atoms with E-state index in [0.717, 1.165) is 41.0 Å². The van der Waals surface area contributed by atoms with Gasteiger partial charge in [-0.1, -0.05) is 44.7 Å². The number of amides is 1. The van der Waals surface area contributed by atoms with Crippen molar-refractivity contribution in [2.24, 2.45) is 0 Å². The Morgan fingerprint density at radius 3 is 2.59 bits per heavy atom. The van der Waals surface area contributed by atoms with Crippen molar-refractivity contribution < 1.29 is 24.5 Å². The van der Waals surface area contributed by atoms with Gasteiger partial charge in [0.2, 0.25) is 5.91 Å². The van der Waals surface area contributed by atoms with Crippen LogP contribution in [0.1, 0.15) is 50.8 Å². The number of hydrogen-bond donors (Lipinski definition) is 3. The monoisotopic (exact) mass is 457 g/mol. The fourth-order valence-electron chi connectivity index (χ4n) is 4.10. The summed E-state index contributed by atoms with van der Waals surface area (Å²) in [6.07, 6.45) is 2.18. The molecule has 3 atom stereocenters. The minimum atomic E-state index is -0.820. The van der Waals surface area contributed by atoms with E-state index in [-0.39, 0.29) is 16.6 Å². The zero-order chi connectivity index (χ0) is 23.1. The summed E-state index contributed by atoms with van der Waals surface area (Å²) in [7, 11) is 0. The van der Waals surface area contributed by atoms with Crippen LogP contribution in [-0.2, 0) is 23.1 Å². The normalized spacial score (nSPS) is 25.1. The number of aliphatic hydroxyl groups is 1. The maximum atomic E-state index is 11.8. The van der Waals surface area contributed by atoms with Crippen LogP contribution >= 0.6 is 11.8 Å². The Balaban J connectivity index is 1.38. The van der Waals surface area contributed by atoms with Gasteiger partial charge in [-0.15, -0.1) is 0 Å². The van der Waals surface area contributed by atoms with Crippen molar-refractivity contribution >= 4 is 17.7 Å². The summed E-state index contributed by atoms with van der Waals surface area (Å²) in [6.45, 7) is 8.68. The molecule has 0 radical (unpaired) electrons. The van der Waals surface area contributed by atoms with Crippen molar-refractivity contribution in [1.29, 1.82) is 0 Å². The van der Waals surface area contributed by atoms with E-state index < -0.39 is 11.2 Å². The number of aromatic hydroxyl groups is 1. The van der Waals surface area contributed by atoms with Crippen LogP contribution in [0.2, 0.25) is 0 Å². The van der Waals surface area contributed by atoms with Gasteiger partial charge in [0, 0.05) is 5.56 Å². The van der Waals surface area contributed by atoms with Crippen molar-refractivity contribution in [3.8, 4) is 17.2 Å². The number of aliphatic hydroxyl groups excluding tert-OH is 1. The van der Waals surface area contributed by atoms with Gasteiger partial charge in [-0.3, -0.25) is 4.79 Å². The number of phenols is 1. The van der Waals surface area contributed by atoms with Gasteiger partial charge < -0.3 is 25.0 Å². The summed E-state index contributed by atoms with van der Waals surface area (Å²) in [5.74, 6) is 1.75. The van der Waals surface area contributed by atoms with Crippen LogP contribution in [0, 0.1) is 0 Å². The Morgan fingerprint density at radius 1 is 1.25 bits per heavy atom. The average Bonchev–Trinajstić information content (AvgIpc) is 3.03. The van der Waals surface area contributed by atoms with Crippen molar-refractivity contribution in [1.82, 2.24) is 5.32 Å². The lowest BCUT2D eigenvalue weighted by Crippen LogP contribution is -2.42. The van der Waals surface area contributed by atoms with Gasteiger partial charge in [0.1, 0.15) is 29.5 Å². The van der Waals surface area contributed by atoms with E-state index in [9.17, 15) is 15.0 Å². The first-order valence-corrected chi connectivity index (χ1v) is 11.9. The standard InChI is InChI=1S/C25H31NO5S/c1-24(2,3)18-13-20-16(12-19(18)27)9-10-25(4,31-20)14-30-17-7-5-15(6-8-17)11-21-22(28)26-23(29)32-21/h5-8,12-13,21,23,27,29H,9-11,14H2,1-4H3,(H,26,28). The number of aryl methyl sites for hydroxylation is 1. The number of carbonyl (C=O) groups excluding carboxylic acids is 1. The summed E-state index contributed by atoms with van der Waals surface area (Å²) in [4.78, 5) is 11.8. The second-order valence-corrected chi connectivity index (χ2v) is 11.2. The molecule has 1 saturated heterocycles. The molecule has 172 valence electrons. The molecule has 0 spiro atoms. The number of rotatable bonds is 5. The van der Waals surface area contributed by atoms with Crippen molar-refractivity contribution in [2.75, 3.05) is 6.61 Å². The Kier molecular flexibility index (Phi) is 6.07. The van der Waals surface area contributed by atoms with Gasteiger partial charge in [0.05, 0.1) is 5.25 Å². The molecule has 2 aromatic carbocycles. The Morgan fingerprint density at radius 2 is 1.97 bits per heavy atom. The summed E-state index contributed by atoms with van der Waals surface area (Å²) in [5, 5.41) is 22.2. The molecule has 3 unspecified atom stereocenters. The van der Waals surface area contributed by atoms with Crippen LogP contribution in [0.4, 0.5) is 0 Å². The van der Waals surface area contributed by atoms with Gasteiger partial charge in [-0.2, -0.15) is 0 Å². The molecule has 2 aliphatic heterocycles. The topological polar surface area (TPSA) is 88.0 Å². The maximum absolute atomic E-state index is 11.8. The Labute approximate surface area is 193 Å².